The average molecular weight is 283 g/mol. The number of thiophene rings is 1. The lowest BCUT2D eigenvalue weighted by atomic mass is 10.4. The molecule has 2 aromatic heterocycles. The van der Waals surface area contributed by atoms with Crippen molar-refractivity contribution >= 4 is 45.5 Å². The van der Waals surface area contributed by atoms with E-state index in [4.69, 9.17) is 0 Å². The minimum Gasteiger partial charge on any atom is -0.296 e. The van der Waals surface area contributed by atoms with Crippen LogP contribution in [-0.4, -0.2) is 21.9 Å². The molecule has 0 atom stereocenters. The Hall–Kier alpha value is -1.18. The summed E-state index contributed by atoms with van der Waals surface area (Å²) in [5.41, 5.74) is 0. The standard InChI is InChI=1S/C10H9N3OS3/c1-2-5-16-10-13-12-9(17-10)11-8(14)7-4-3-6-15-7/h2-4,6H,1,5H2,(H,11,12,14). The topological polar surface area (TPSA) is 54.9 Å². The van der Waals surface area contributed by atoms with Crippen LogP contribution in [0.4, 0.5) is 5.13 Å². The van der Waals surface area contributed by atoms with Crippen molar-refractivity contribution in [2.24, 2.45) is 0 Å². The normalized spacial score (nSPS) is 10.1. The van der Waals surface area contributed by atoms with Crippen LogP contribution >= 0.6 is 34.4 Å². The first kappa shape index (κ1) is 12.3. The molecule has 1 amide bonds. The first-order chi connectivity index (χ1) is 8.29. The molecule has 0 aromatic carbocycles. The number of hydrogen-bond acceptors (Lipinski definition) is 6. The van der Waals surface area contributed by atoms with E-state index in [9.17, 15) is 4.79 Å². The molecule has 0 aliphatic rings. The summed E-state index contributed by atoms with van der Waals surface area (Å²) in [5, 5.41) is 13.0. The molecule has 0 aliphatic heterocycles. The van der Waals surface area contributed by atoms with E-state index in [0.29, 0.717) is 10.0 Å². The van der Waals surface area contributed by atoms with Gasteiger partial charge in [0.05, 0.1) is 4.88 Å². The van der Waals surface area contributed by atoms with Gasteiger partial charge in [-0.3, -0.25) is 10.1 Å². The molecule has 2 heterocycles. The summed E-state index contributed by atoms with van der Waals surface area (Å²) in [5.74, 6) is 0.643. The summed E-state index contributed by atoms with van der Waals surface area (Å²) >= 11 is 4.30. The lowest BCUT2D eigenvalue weighted by molar-refractivity contribution is 0.103. The van der Waals surface area contributed by atoms with Gasteiger partial charge in [-0.25, -0.2) is 0 Å². The van der Waals surface area contributed by atoms with E-state index < -0.39 is 0 Å². The van der Waals surface area contributed by atoms with Gasteiger partial charge < -0.3 is 0 Å². The second-order valence-corrected chi connectivity index (χ2v) is 6.10. The van der Waals surface area contributed by atoms with Crippen molar-refractivity contribution in [1.29, 1.82) is 0 Å². The summed E-state index contributed by atoms with van der Waals surface area (Å²) in [6.07, 6.45) is 1.80. The van der Waals surface area contributed by atoms with Crippen molar-refractivity contribution in [2.45, 2.75) is 4.34 Å². The number of aromatic nitrogens is 2. The third-order valence-electron chi connectivity index (χ3n) is 1.70. The maximum atomic E-state index is 11.7. The van der Waals surface area contributed by atoms with Gasteiger partial charge in [-0.15, -0.1) is 28.1 Å². The second kappa shape index (κ2) is 5.95. The molecule has 0 fully saturated rings. The Kier molecular flexibility index (Phi) is 4.29. The zero-order valence-electron chi connectivity index (χ0n) is 8.75. The summed E-state index contributed by atoms with van der Waals surface area (Å²) in [4.78, 5) is 12.4. The van der Waals surface area contributed by atoms with E-state index >= 15 is 0 Å². The van der Waals surface area contributed by atoms with E-state index in [1.54, 1.807) is 23.9 Å². The molecular formula is C10H9N3OS3. The highest BCUT2D eigenvalue weighted by Crippen LogP contribution is 2.25. The monoisotopic (exact) mass is 283 g/mol. The molecule has 0 spiro atoms. The number of nitrogens with zero attached hydrogens (tertiary/aromatic N) is 2. The largest absolute Gasteiger partial charge is 0.296 e. The maximum absolute atomic E-state index is 11.7. The Labute approximate surface area is 111 Å². The Balaban J connectivity index is 1.97. The first-order valence-electron chi connectivity index (χ1n) is 4.71. The van der Waals surface area contributed by atoms with Gasteiger partial charge in [0.25, 0.3) is 5.91 Å². The van der Waals surface area contributed by atoms with Crippen LogP contribution in [0.5, 0.6) is 0 Å². The summed E-state index contributed by atoms with van der Waals surface area (Å²) in [6.45, 7) is 3.63. The molecule has 0 bridgehead atoms. The number of rotatable bonds is 5. The first-order valence-corrected chi connectivity index (χ1v) is 7.40. The highest BCUT2D eigenvalue weighted by Gasteiger charge is 2.10. The second-order valence-electron chi connectivity index (χ2n) is 2.90. The SMILES string of the molecule is C=CCSc1nnc(NC(=O)c2cccs2)s1. The molecule has 1 N–H and O–H groups in total. The Morgan fingerprint density at radius 3 is 3.18 bits per heavy atom. The number of amides is 1. The van der Waals surface area contributed by atoms with Gasteiger partial charge in [0, 0.05) is 5.75 Å². The molecule has 88 valence electrons. The van der Waals surface area contributed by atoms with Crippen LogP contribution in [0.2, 0.25) is 0 Å². The predicted octanol–water partition coefficient (Wildman–Crippen LogP) is 3.13. The number of hydrogen-bond donors (Lipinski definition) is 1. The Bertz CT molecular complexity index is 507. The zero-order chi connectivity index (χ0) is 12.1. The average Bonchev–Trinajstić information content (AvgIpc) is 2.97. The van der Waals surface area contributed by atoms with Gasteiger partial charge in [-0.05, 0) is 11.4 Å². The number of carbonyl (C=O) groups is 1. The van der Waals surface area contributed by atoms with Crippen molar-refractivity contribution in [3.63, 3.8) is 0 Å². The Morgan fingerprint density at radius 2 is 2.47 bits per heavy atom. The predicted molar refractivity (Wildman–Crippen MR) is 73.1 cm³/mol. The fraction of sp³-hybridized carbons (Fsp3) is 0.100. The quantitative estimate of drug-likeness (QED) is 0.520. The fourth-order valence-corrected chi connectivity index (χ4v) is 3.14. The van der Waals surface area contributed by atoms with Crippen LogP contribution in [0.15, 0.2) is 34.5 Å². The molecule has 0 saturated carbocycles. The van der Waals surface area contributed by atoms with Crippen molar-refractivity contribution in [3.8, 4) is 0 Å². The molecule has 0 radical (unpaired) electrons. The van der Waals surface area contributed by atoms with Gasteiger partial charge in [-0.2, -0.15) is 0 Å². The highest BCUT2D eigenvalue weighted by atomic mass is 32.2. The molecule has 0 aliphatic carbocycles. The Morgan fingerprint density at radius 1 is 1.59 bits per heavy atom. The highest BCUT2D eigenvalue weighted by molar-refractivity contribution is 8.01. The van der Waals surface area contributed by atoms with E-state index in [2.05, 4.69) is 22.1 Å². The van der Waals surface area contributed by atoms with E-state index in [1.165, 1.54) is 22.7 Å². The molecule has 17 heavy (non-hydrogen) atoms. The minimum atomic E-state index is -0.142. The molecule has 7 heteroatoms. The van der Waals surface area contributed by atoms with Crippen molar-refractivity contribution in [3.05, 3.63) is 35.0 Å². The van der Waals surface area contributed by atoms with Gasteiger partial charge in [0.15, 0.2) is 4.34 Å². The molecule has 4 nitrogen and oxygen atoms in total. The summed E-state index contributed by atoms with van der Waals surface area (Å²) in [7, 11) is 0. The van der Waals surface area contributed by atoms with Crippen LogP contribution in [0.25, 0.3) is 0 Å². The van der Waals surface area contributed by atoms with Crippen molar-refractivity contribution in [2.75, 3.05) is 11.1 Å². The smallest absolute Gasteiger partial charge is 0.267 e. The van der Waals surface area contributed by atoms with Crippen LogP contribution in [-0.2, 0) is 0 Å². The van der Waals surface area contributed by atoms with Crippen LogP contribution < -0.4 is 5.32 Å². The third-order valence-corrected chi connectivity index (χ3v) is 4.53. The van der Waals surface area contributed by atoms with Gasteiger partial charge in [-0.1, -0.05) is 35.2 Å². The minimum absolute atomic E-state index is 0.142. The van der Waals surface area contributed by atoms with E-state index in [0.717, 1.165) is 10.1 Å². The molecule has 0 saturated heterocycles. The van der Waals surface area contributed by atoms with Gasteiger partial charge >= 0.3 is 0 Å². The van der Waals surface area contributed by atoms with Gasteiger partial charge in [0.2, 0.25) is 5.13 Å². The molecule has 2 rings (SSSR count). The van der Waals surface area contributed by atoms with Crippen LogP contribution in [0.3, 0.4) is 0 Å². The lowest BCUT2D eigenvalue weighted by Gasteiger charge is -1.96. The van der Waals surface area contributed by atoms with Gasteiger partial charge in [0.1, 0.15) is 0 Å². The fourth-order valence-electron chi connectivity index (χ4n) is 1.02. The molecular weight excluding hydrogens is 274 g/mol. The van der Waals surface area contributed by atoms with E-state index in [1.807, 2.05) is 11.4 Å². The van der Waals surface area contributed by atoms with Crippen molar-refractivity contribution in [1.82, 2.24) is 10.2 Å². The zero-order valence-corrected chi connectivity index (χ0v) is 11.2. The number of nitrogens with one attached hydrogen (secondary N) is 1. The van der Waals surface area contributed by atoms with E-state index in [-0.39, 0.29) is 5.91 Å². The lowest BCUT2D eigenvalue weighted by Crippen LogP contribution is -2.09. The maximum Gasteiger partial charge on any atom is 0.267 e. The molecule has 2 aromatic rings. The number of carbonyl (C=O) groups excluding carboxylic acids is 1. The molecule has 0 unspecified atom stereocenters. The van der Waals surface area contributed by atoms with Crippen LogP contribution in [0, 0.1) is 0 Å². The summed E-state index contributed by atoms with van der Waals surface area (Å²) in [6, 6.07) is 3.61. The third kappa shape index (κ3) is 3.39. The van der Waals surface area contributed by atoms with Crippen molar-refractivity contribution < 1.29 is 4.79 Å². The number of anilines is 1. The number of thioether (sulfide) groups is 1. The van der Waals surface area contributed by atoms with Crippen LogP contribution in [0.1, 0.15) is 9.67 Å². The summed E-state index contributed by atoms with van der Waals surface area (Å²) < 4.78 is 0.825.